The summed E-state index contributed by atoms with van der Waals surface area (Å²) < 4.78 is 1.90. The van der Waals surface area contributed by atoms with E-state index in [9.17, 15) is 9.59 Å². The number of carbonyl (C=O) groups is 2. The van der Waals surface area contributed by atoms with Crippen LogP contribution < -0.4 is 10.6 Å². The van der Waals surface area contributed by atoms with E-state index in [1.165, 1.54) is 11.1 Å². The summed E-state index contributed by atoms with van der Waals surface area (Å²) in [5, 5.41) is 10.3. The standard InChI is InChI=1S/C24H27N5O2/c1-16-12-18(3)29(27-16)13-17(2)25-23(30)19-8-10-22(11-9-19)26-24(31)28-14-20-6-4-5-7-21(20)15-28/h4-12,17H,13-15H2,1-3H3,(H,25,30)(H,26,31). The van der Waals surface area contributed by atoms with Gasteiger partial charge in [0, 0.05) is 36.1 Å². The Bertz CT molecular complexity index is 1080. The van der Waals surface area contributed by atoms with Crippen molar-refractivity contribution in [3.8, 4) is 0 Å². The molecule has 0 saturated carbocycles. The lowest BCUT2D eigenvalue weighted by atomic mass is 10.1. The second-order valence-electron chi connectivity index (χ2n) is 8.12. The molecule has 0 fully saturated rings. The van der Waals surface area contributed by atoms with E-state index in [1.54, 1.807) is 29.2 Å². The number of amides is 3. The third-order valence-corrected chi connectivity index (χ3v) is 5.45. The molecule has 2 heterocycles. The molecule has 2 aromatic carbocycles. The van der Waals surface area contributed by atoms with Gasteiger partial charge >= 0.3 is 6.03 Å². The van der Waals surface area contributed by atoms with E-state index >= 15 is 0 Å². The number of aryl methyl sites for hydroxylation is 2. The van der Waals surface area contributed by atoms with Gasteiger partial charge in [-0.05, 0) is 62.2 Å². The number of urea groups is 1. The number of nitrogens with zero attached hydrogens (tertiary/aromatic N) is 3. The van der Waals surface area contributed by atoms with Crippen LogP contribution in [0.25, 0.3) is 0 Å². The highest BCUT2D eigenvalue weighted by Crippen LogP contribution is 2.23. The molecule has 7 heteroatoms. The first-order valence-electron chi connectivity index (χ1n) is 10.4. The van der Waals surface area contributed by atoms with Crippen LogP contribution in [-0.2, 0) is 19.6 Å². The molecule has 3 aromatic rings. The van der Waals surface area contributed by atoms with Gasteiger partial charge in [0.05, 0.1) is 12.2 Å². The van der Waals surface area contributed by atoms with Crippen LogP contribution in [0.4, 0.5) is 10.5 Å². The van der Waals surface area contributed by atoms with Crippen LogP contribution in [0.3, 0.4) is 0 Å². The lowest BCUT2D eigenvalue weighted by Gasteiger charge is -2.17. The lowest BCUT2D eigenvalue weighted by molar-refractivity contribution is 0.0936. The van der Waals surface area contributed by atoms with Gasteiger partial charge in [0.15, 0.2) is 0 Å². The molecule has 31 heavy (non-hydrogen) atoms. The van der Waals surface area contributed by atoms with E-state index in [0.717, 1.165) is 11.4 Å². The zero-order valence-corrected chi connectivity index (χ0v) is 18.1. The molecule has 2 N–H and O–H groups in total. The van der Waals surface area contributed by atoms with Gasteiger partial charge in [0.1, 0.15) is 0 Å². The Hall–Kier alpha value is -3.61. The molecule has 4 rings (SSSR count). The summed E-state index contributed by atoms with van der Waals surface area (Å²) in [4.78, 5) is 26.9. The van der Waals surface area contributed by atoms with Crippen LogP contribution >= 0.6 is 0 Å². The van der Waals surface area contributed by atoms with Gasteiger partial charge in [-0.15, -0.1) is 0 Å². The zero-order valence-electron chi connectivity index (χ0n) is 18.1. The highest BCUT2D eigenvalue weighted by atomic mass is 16.2. The van der Waals surface area contributed by atoms with E-state index < -0.39 is 0 Å². The van der Waals surface area contributed by atoms with Gasteiger partial charge in [-0.1, -0.05) is 24.3 Å². The Kier molecular flexibility index (Phi) is 5.75. The summed E-state index contributed by atoms with van der Waals surface area (Å²) in [5.74, 6) is -0.151. The SMILES string of the molecule is Cc1cc(C)n(CC(C)NC(=O)c2ccc(NC(=O)N3Cc4ccccc4C3)cc2)n1. The topological polar surface area (TPSA) is 79.3 Å². The fourth-order valence-electron chi connectivity index (χ4n) is 3.86. The van der Waals surface area contributed by atoms with Crippen molar-refractivity contribution >= 4 is 17.6 Å². The number of rotatable bonds is 5. The Balaban J connectivity index is 1.31. The summed E-state index contributed by atoms with van der Waals surface area (Å²) in [6.07, 6.45) is 0. The number of nitrogens with one attached hydrogen (secondary N) is 2. The number of anilines is 1. The van der Waals surface area contributed by atoms with Crippen molar-refractivity contribution in [2.75, 3.05) is 5.32 Å². The molecule has 7 nitrogen and oxygen atoms in total. The minimum absolute atomic E-state index is 0.0679. The van der Waals surface area contributed by atoms with Crippen molar-refractivity contribution in [3.63, 3.8) is 0 Å². The van der Waals surface area contributed by atoms with Gasteiger partial charge in [-0.3, -0.25) is 9.48 Å². The highest BCUT2D eigenvalue weighted by molar-refractivity contribution is 5.95. The minimum atomic E-state index is -0.151. The van der Waals surface area contributed by atoms with Crippen molar-refractivity contribution in [1.82, 2.24) is 20.0 Å². The van der Waals surface area contributed by atoms with Gasteiger partial charge in [-0.2, -0.15) is 5.10 Å². The zero-order chi connectivity index (χ0) is 22.0. The fourth-order valence-corrected chi connectivity index (χ4v) is 3.86. The van der Waals surface area contributed by atoms with E-state index in [1.807, 2.05) is 55.8 Å². The smallest absolute Gasteiger partial charge is 0.322 e. The molecule has 0 radical (unpaired) electrons. The Labute approximate surface area is 182 Å². The molecular weight excluding hydrogens is 390 g/mol. The number of aromatic nitrogens is 2. The van der Waals surface area contributed by atoms with Crippen LogP contribution in [-0.4, -0.2) is 32.7 Å². The number of carbonyl (C=O) groups excluding carboxylic acids is 2. The highest BCUT2D eigenvalue weighted by Gasteiger charge is 2.22. The largest absolute Gasteiger partial charge is 0.348 e. The van der Waals surface area contributed by atoms with Crippen molar-refractivity contribution in [2.24, 2.45) is 0 Å². The first kappa shape index (κ1) is 20.7. The molecule has 160 valence electrons. The molecule has 3 amide bonds. The van der Waals surface area contributed by atoms with Crippen LogP contribution in [0.1, 0.15) is 39.8 Å². The molecule has 0 bridgehead atoms. The van der Waals surface area contributed by atoms with Gasteiger partial charge in [-0.25, -0.2) is 4.79 Å². The lowest BCUT2D eigenvalue weighted by Crippen LogP contribution is -2.36. The number of fused-ring (bicyclic) bond motifs is 1. The molecular formula is C24H27N5O2. The summed E-state index contributed by atoms with van der Waals surface area (Å²) in [7, 11) is 0. The number of hydrogen-bond acceptors (Lipinski definition) is 3. The quantitative estimate of drug-likeness (QED) is 0.662. The Morgan fingerprint density at radius 2 is 1.68 bits per heavy atom. The molecule has 1 unspecified atom stereocenters. The predicted octanol–water partition coefficient (Wildman–Crippen LogP) is 3.87. The first-order valence-corrected chi connectivity index (χ1v) is 10.4. The number of benzene rings is 2. The normalized spacial score (nSPS) is 13.6. The van der Waals surface area contributed by atoms with Crippen LogP contribution in [0.15, 0.2) is 54.6 Å². The Morgan fingerprint density at radius 3 is 2.26 bits per heavy atom. The summed E-state index contributed by atoms with van der Waals surface area (Å²) >= 11 is 0. The van der Waals surface area contributed by atoms with Crippen LogP contribution in [0.5, 0.6) is 0 Å². The summed E-state index contributed by atoms with van der Waals surface area (Å²) in [6.45, 7) is 7.73. The van der Waals surface area contributed by atoms with E-state index in [2.05, 4.69) is 15.7 Å². The monoisotopic (exact) mass is 417 g/mol. The molecule has 1 aliphatic heterocycles. The predicted molar refractivity (Wildman–Crippen MR) is 120 cm³/mol. The molecule has 0 aliphatic carbocycles. The number of hydrogen-bond donors (Lipinski definition) is 2. The third kappa shape index (κ3) is 4.77. The van der Waals surface area contributed by atoms with Gasteiger partial charge < -0.3 is 15.5 Å². The van der Waals surface area contributed by atoms with Crippen molar-refractivity contribution in [1.29, 1.82) is 0 Å². The van der Waals surface area contributed by atoms with Crippen LogP contribution in [0, 0.1) is 13.8 Å². The molecule has 1 atom stereocenters. The Morgan fingerprint density at radius 1 is 1.03 bits per heavy atom. The van der Waals surface area contributed by atoms with Crippen molar-refractivity contribution in [3.05, 3.63) is 82.7 Å². The average molecular weight is 418 g/mol. The summed E-state index contributed by atoms with van der Waals surface area (Å²) in [5.41, 5.74) is 5.60. The maximum atomic E-state index is 12.6. The maximum absolute atomic E-state index is 12.6. The van der Waals surface area contributed by atoms with Crippen molar-refractivity contribution in [2.45, 2.75) is 46.4 Å². The van der Waals surface area contributed by atoms with Crippen LogP contribution in [0.2, 0.25) is 0 Å². The van der Waals surface area contributed by atoms with Crippen molar-refractivity contribution < 1.29 is 9.59 Å². The average Bonchev–Trinajstić information content (AvgIpc) is 3.31. The summed E-state index contributed by atoms with van der Waals surface area (Å²) in [6, 6.07) is 16.8. The third-order valence-electron chi connectivity index (χ3n) is 5.45. The van der Waals surface area contributed by atoms with E-state index in [-0.39, 0.29) is 18.0 Å². The molecule has 1 aliphatic rings. The van der Waals surface area contributed by atoms with Gasteiger partial charge in [0.2, 0.25) is 0 Å². The van der Waals surface area contributed by atoms with Gasteiger partial charge in [0.25, 0.3) is 5.91 Å². The van der Waals surface area contributed by atoms with E-state index in [4.69, 9.17) is 0 Å². The second-order valence-corrected chi connectivity index (χ2v) is 8.12. The molecule has 0 spiro atoms. The first-order chi connectivity index (χ1) is 14.9. The maximum Gasteiger partial charge on any atom is 0.322 e. The minimum Gasteiger partial charge on any atom is -0.348 e. The second kappa shape index (κ2) is 8.63. The fraction of sp³-hybridized carbons (Fsp3) is 0.292. The molecule has 1 aromatic heterocycles. The van der Waals surface area contributed by atoms with E-state index in [0.29, 0.717) is 30.9 Å². The molecule has 0 saturated heterocycles.